The van der Waals surface area contributed by atoms with E-state index in [0.717, 1.165) is 17.7 Å². The predicted molar refractivity (Wildman–Crippen MR) is 116 cm³/mol. The van der Waals surface area contributed by atoms with Crippen molar-refractivity contribution in [3.63, 3.8) is 0 Å². The number of ketones is 1. The monoisotopic (exact) mass is 505 g/mol. The lowest BCUT2D eigenvalue weighted by Gasteiger charge is -2.12. The minimum absolute atomic E-state index is 0.000131. The van der Waals surface area contributed by atoms with Crippen molar-refractivity contribution >= 4 is 48.5 Å². The zero-order valence-electron chi connectivity index (χ0n) is 15.9. The van der Waals surface area contributed by atoms with Crippen LogP contribution < -0.4 is 4.72 Å². The van der Waals surface area contributed by atoms with E-state index in [2.05, 4.69) is 30.6 Å². The third-order valence-electron chi connectivity index (χ3n) is 4.64. The van der Waals surface area contributed by atoms with Crippen LogP contribution in [0.2, 0.25) is 0 Å². The van der Waals surface area contributed by atoms with Gasteiger partial charge in [0.2, 0.25) is 5.78 Å². The van der Waals surface area contributed by atoms with Crippen LogP contribution in [-0.4, -0.2) is 24.2 Å². The number of hydrogen-bond acceptors (Lipinski definition) is 4. The van der Waals surface area contributed by atoms with Gasteiger partial charge >= 0.3 is 0 Å². The Morgan fingerprint density at radius 3 is 2.55 bits per heavy atom. The Balaban J connectivity index is 1.76. The second-order valence-electron chi connectivity index (χ2n) is 6.78. The highest BCUT2D eigenvalue weighted by molar-refractivity contribution is 9.10. The van der Waals surface area contributed by atoms with E-state index in [1.165, 1.54) is 24.5 Å². The second kappa shape index (κ2) is 7.86. The van der Waals surface area contributed by atoms with Crippen LogP contribution in [-0.2, 0) is 10.0 Å². The maximum Gasteiger partial charge on any atom is 0.261 e. The van der Waals surface area contributed by atoms with Gasteiger partial charge < -0.3 is 4.98 Å². The molecule has 4 rings (SSSR count). The summed E-state index contributed by atoms with van der Waals surface area (Å²) in [7, 11) is -4.15. The number of sulfonamides is 1. The molecular weight excluding hydrogens is 492 g/mol. The van der Waals surface area contributed by atoms with Crippen molar-refractivity contribution in [2.24, 2.45) is 0 Å². The first-order chi connectivity index (χ1) is 14.7. The fourth-order valence-corrected chi connectivity index (χ4v) is 4.45. The van der Waals surface area contributed by atoms with Crippen molar-refractivity contribution in [3.8, 4) is 0 Å². The molecule has 0 radical (unpaired) electrons. The largest absolute Gasteiger partial charge is 0.345 e. The molecule has 0 amide bonds. The van der Waals surface area contributed by atoms with Gasteiger partial charge in [0.25, 0.3) is 10.0 Å². The standard InChI is InChI=1S/C21H14BrF2N3O3S/c1-11-2-4-13(5-3-11)31(29,30)27-17-7-6-16(23)18(19(17)24)20(28)15-10-26-21-14(15)8-12(22)9-25-21/h2-10,27H,1H3,(H,25,26). The number of nitrogens with one attached hydrogen (secondary N) is 2. The normalized spacial score (nSPS) is 11.6. The molecule has 0 unspecified atom stereocenters. The van der Waals surface area contributed by atoms with Crippen LogP contribution in [0.3, 0.4) is 0 Å². The Morgan fingerprint density at radius 1 is 1.13 bits per heavy atom. The summed E-state index contributed by atoms with van der Waals surface area (Å²) in [5.74, 6) is -3.37. The average Bonchev–Trinajstić information content (AvgIpc) is 3.13. The van der Waals surface area contributed by atoms with Crippen LogP contribution in [0.5, 0.6) is 0 Å². The summed E-state index contributed by atoms with van der Waals surface area (Å²) in [6.07, 6.45) is 2.81. The Hall–Kier alpha value is -3.11. The van der Waals surface area contributed by atoms with Gasteiger partial charge in [0.05, 0.1) is 16.1 Å². The summed E-state index contributed by atoms with van der Waals surface area (Å²) >= 11 is 3.24. The zero-order valence-corrected chi connectivity index (χ0v) is 18.3. The van der Waals surface area contributed by atoms with Crippen LogP contribution >= 0.6 is 15.9 Å². The van der Waals surface area contributed by atoms with E-state index in [4.69, 9.17) is 0 Å². The van der Waals surface area contributed by atoms with Gasteiger partial charge in [-0.25, -0.2) is 22.2 Å². The third-order valence-corrected chi connectivity index (χ3v) is 6.45. The molecule has 10 heteroatoms. The van der Waals surface area contributed by atoms with Gasteiger partial charge in [-0.3, -0.25) is 9.52 Å². The molecule has 2 N–H and O–H groups in total. The van der Waals surface area contributed by atoms with E-state index < -0.39 is 38.7 Å². The molecule has 0 aliphatic heterocycles. The molecular formula is C21H14BrF2N3O3S. The number of halogens is 3. The Morgan fingerprint density at radius 2 is 1.84 bits per heavy atom. The molecule has 0 saturated heterocycles. The molecule has 0 bridgehead atoms. The number of hydrogen-bond donors (Lipinski definition) is 2. The van der Waals surface area contributed by atoms with E-state index in [1.807, 2.05) is 0 Å². The molecule has 31 heavy (non-hydrogen) atoms. The number of aryl methyl sites for hydroxylation is 1. The SMILES string of the molecule is Cc1ccc(S(=O)(=O)Nc2ccc(F)c(C(=O)c3c[nH]c4ncc(Br)cc34)c2F)cc1. The van der Waals surface area contributed by atoms with E-state index in [9.17, 15) is 17.6 Å². The summed E-state index contributed by atoms with van der Waals surface area (Å²) in [5.41, 5.74) is -0.196. The van der Waals surface area contributed by atoms with E-state index >= 15 is 4.39 Å². The molecule has 4 aromatic rings. The first-order valence-corrected chi connectivity index (χ1v) is 11.2. The third kappa shape index (κ3) is 3.96. The van der Waals surface area contributed by atoms with Crippen LogP contribution in [0, 0.1) is 18.6 Å². The van der Waals surface area contributed by atoms with Crippen molar-refractivity contribution in [1.29, 1.82) is 0 Å². The van der Waals surface area contributed by atoms with Crippen molar-refractivity contribution in [2.45, 2.75) is 11.8 Å². The van der Waals surface area contributed by atoms with Gasteiger partial charge in [-0.2, -0.15) is 0 Å². The molecule has 0 atom stereocenters. The van der Waals surface area contributed by atoms with Crippen molar-refractivity contribution < 1.29 is 22.0 Å². The maximum absolute atomic E-state index is 15.1. The smallest absolute Gasteiger partial charge is 0.261 e. The highest BCUT2D eigenvalue weighted by atomic mass is 79.9. The minimum Gasteiger partial charge on any atom is -0.345 e. The fraction of sp³-hybridized carbons (Fsp3) is 0.0476. The topological polar surface area (TPSA) is 91.9 Å². The van der Waals surface area contributed by atoms with E-state index in [0.29, 0.717) is 15.5 Å². The van der Waals surface area contributed by atoms with E-state index in [1.54, 1.807) is 25.1 Å². The number of carbonyl (C=O) groups excluding carboxylic acids is 1. The highest BCUT2D eigenvalue weighted by Crippen LogP contribution is 2.29. The lowest BCUT2D eigenvalue weighted by molar-refractivity contribution is 0.103. The van der Waals surface area contributed by atoms with Gasteiger partial charge in [0.1, 0.15) is 11.5 Å². The predicted octanol–water partition coefficient (Wildman–Crippen LogP) is 4.94. The number of carbonyl (C=O) groups is 1. The van der Waals surface area contributed by atoms with Crippen LogP contribution in [0.25, 0.3) is 11.0 Å². The van der Waals surface area contributed by atoms with Gasteiger partial charge in [-0.1, -0.05) is 17.7 Å². The molecule has 158 valence electrons. The number of H-pyrrole nitrogens is 1. The Labute approximate surface area is 184 Å². The second-order valence-corrected chi connectivity index (χ2v) is 9.38. The van der Waals surface area contributed by atoms with Crippen molar-refractivity contribution in [2.75, 3.05) is 4.72 Å². The van der Waals surface area contributed by atoms with Crippen molar-refractivity contribution in [3.05, 3.63) is 87.7 Å². The number of benzene rings is 2. The lowest BCUT2D eigenvalue weighted by atomic mass is 10.0. The van der Waals surface area contributed by atoms with Crippen molar-refractivity contribution in [1.82, 2.24) is 9.97 Å². The number of aromatic amines is 1. The van der Waals surface area contributed by atoms with Gasteiger partial charge in [0.15, 0.2) is 5.82 Å². The van der Waals surface area contributed by atoms with Gasteiger partial charge in [-0.15, -0.1) is 0 Å². The van der Waals surface area contributed by atoms with Crippen LogP contribution in [0.15, 0.2) is 64.2 Å². The summed E-state index contributed by atoms with van der Waals surface area (Å²) in [6, 6.07) is 9.27. The summed E-state index contributed by atoms with van der Waals surface area (Å²) in [6.45, 7) is 1.79. The van der Waals surface area contributed by atoms with Crippen LogP contribution in [0.4, 0.5) is 14.5 Å². The number of rotatable bonds is 5. The summed E-state index contributed by atoms with van der Waals surface area (Å²) < 4.78 is 57.5. The Kier molecular flexibility index (Phi) is 5.36. The lowest BCUT2D eigenvalue weighted by Crippen LogP contribution is -2.16. The summed E-state index contributed by atoms with van der Waals surface area (Å²) in [5, 5.41) is 0.365. The molecule has 0 spiro atoms. The highest BCUT2D eigenvalue weighted by Gasteiger charge is 2.26. The number of pyridine rings is 1. The summed E-state index contributed by atoms with van der Waals surface area (Å²) in [4.78, 5) is 19.8. The van der Waals surface area contributed by atoms with Gasteiger partial charge in [0, 0.05) is 27.8 Å². The van der Waals surface area contributed by atoms with Gasteiger partial charge in [-0.05, 0) is 53.2 Å². The fourth-order valence-electron chi connectivity index (χ4n) is 3.06. The quantitative estimate of drug-likeness (QED) is 0.375. The average molecular weight is 506 g/mol. The maximum atomic E-state index is 15.1. The molecule has 0 fully saturated rings. The first-order valence-electron chi connectivity index (χ1n) is 8.92. The van der Waals surface area contributed by atoms with E-state index in [-0.39, 0.29) is 10.5 Å². The molecule has 2 aromatic carbocycles. The molecule has 0 aliphatic carbocycles. The molecule has 6 nitrogen and oxygen atoms in total. The number of anilines is 1. The molecule has 2 aromatic heterocycles. The Bertz CT molecular complexity index is 1430. The first kappa shape index (κ1) is 21.1. The number of nitrogens with zero attached hydrogens (tertiary/aromatic N) is 1. The minimum atomic E-state index is -4.15. The zero-order chi connectivity index (χ0) is 22.3. The molecule has 2 heterocycles. The molecule has 0 saturated carbocycles. The number of aromatic nitrogens is 2. The number of fused-ring (bicyclic) bond motifs is 1. The van der Waals surface area contributed by atoms with Crippen LogP contribution in [0.1, 0.15) is 21.5 Å². The molecule has 0 aliphatic rings.